The third-order valence-corrected chi connectivity index (χ3v) is 4.29. The van der Waals surface area contributed by atoms with E-state index >= 15 is 0 Å². The van der Waals surface area contributed by atoms with Crippen LogP contribution in [0.4, 0.5) is 17.1 Å². The number of rotatable bonds is 4. The number of hydrogen-bond donors (Lipinski definition) is 3. The number of sulfonamides is 1. The number of nitrogens with zero attached hydrogens (tertiary/aromatic N) is 1. The van der Waals surface area contributed by atoms with Crippen molar-refractivity contribution in [2.45, 2.75) is 4.90 Å². The van der Waals surface area contributed by atoms with Crippen LogP contribution in [0.1, 0.15) is 0 Å². The maximum Gasteiger partial charge on any atom is 0.289 e. The molecular weight excluding hydrogens is 376 g/mol. The predicted octanol–water partition coefficient (Wildman–Crippen LogP) is 2.70. The monoisotopic (exact) mass is 386 g/mol. The number of nitrogens with one attached hydrogen (secondary N) is 2. The molecule has 126 valence electrons. The third kappa shape index (κ3) is 4.61. The molecule has 0 aliphatic heterocycles. The number of thiocarbonyl (C=S) groups is 1. The molecule has 24 heavy (non-hydrogen) atoms. The molecule has 0 spiro atoms. The SMILES string of the molecule is NS(=O)(=O)c1ccc(NC(=S)Nc2ccc(Cl)c([N+](=O)[O-])c2)cc1. The standard InChI is InChI=1S/C13H11ClN4O4S2/c14-11-6-3-9(7-12(11)18(19)20)17-13(23)16-8-1-4-10(5-2-8)24(15,21)22/h1-7H,(H2,15,21,22)(H2,16,17,23). The van der Waals surface area contributed by atoms with Crippen molar-refractivity contribution in [2.24, 2.45) is 5.14 Å². The van der Waals surface area contributed by atoms with Gasteiger partial charge in [0.05, 0.1) is 9.82 Å². The third-order valence-electron chi connectivity index (χ3n) is 2.84. The molecule has 0 aliphatic carbocycles. The van der Waals surface area contributed by atoms with Crippen LogP contribution in [0.5, 0.6) is 0 Å². The Balaban J connectivity index is 2.08. The van der Waals surface area contributed by atoms with Crippen molar-refractivity contribution < 1.29 is 13.3 Å². The summed E-state index contributed by atoms with van der Waals surface area (Å²) in [6, 6.07) is 9.79. The Morgan fingerprint density at radius 3 is 2.21 bits per heavy atom. The smallest absolute Gasteiger partial charge is 0.289 e. The van der Waals surface area contributed by atoms with Gasteiger partial charge in [-0.2, -0.15) is 0 Å². The molecule has 0 bridgehead atoms. The minimum absolute atomic E-state index is 0.0167. The van der Waals surface area contributed by atoms with Crippen LogP contribution in [-0.4, -0.2) is 18.5 Å². The van der Waals surface area contributed by atoms with Gasteiger partial charge in [-0.25, -0.2) is 13.6 Å². The van der Waals surface area contributed by atoms with Crippen LogP contribution in [0.25, 0.3) is 0 Å². The van der Waals surface area contributed by atoms with Crippen LogP contribution in [0.2, 0.25) is 5.02 Å². The molecule has 2 rings (SSSR count). The molecule has 4 N–H and O–H groups in total. The minimum Gasteiger partial charge on any atom is -0.332 e. The van der Waals surface area contributed by atoms with Crippen molar-refractivity contribution >= 4 is 56.0 Å². The molecule has 11 heteroatoms. The topological polar surface area (TPSA) is 127 Å². The van der Waals surface area contributed by atoms with Crippen molar-refractivity contribution in [1.82, 2.24) is 0 Å². The number of primary sulfonamides is 1. The van der Waals surface area contributed by atoms with Crippen molar-refractivity contribution in [3.63, 3.8) is 0 Å². The molecule has 0 radical (unpaired) electrons. The highest BCUT2D eigenvalue weighted by atomic mass is 35.5. The average Bonchev–Trinajstić information content (AvgIpc) is 2.48. The quantitative estimate of drug-likeness (QED) is 0.418. The van der Waals surface area contributed by atoms with Crippen molar-refractivity contribution in [2.75, 3.05) is 10.6 Å². The molecule has 0 amide bonds. The fourth-order valence-corrected chi connectivity index (χ4v) is 2.69. The summed E-state index contributed by atoms with van der Waals surface area (Å²) in [6.45, 7) is 0. The van der Waals surface area contributed by atoms with Gasteiger partial charge in [0.2, 0.25) is 10.0 Å². The molecule has 0 atom stereocenters. The van der Waals surface area contributed by atoms with Gasteiger partial charge in [0, 0.05) is 17.4 Å². The van der Waals surface area contributed by atoms with E-state index in [1.54, 1.807) is 0 Å². The second kappa shape index (κ2) is 7.09. The average molecular weight is 387 g/mol. The first kappa shape index (κ1) is 18.1. The summed E-state index contributed by atoms with van der Waals surface area (Å²) in [5.41, 5.74) is 0.648. The van der Waals surface area contributed by atoms with Gasteiger partial charge in [-0.3, -0.25) is 10.1 Å². The second-order valence-electron chi connectivity index (χ2n) is 4.57. The minimum atomic E-state index is -3.77. The van der Waals surface area contributed by atoms with E-state index in [1.165, 1.54) is 42.5 Å². The lowest BCUT2D eigenvalue weighted by Crippen LogP contribution is -2.19. The Morgan fingerprint density at radius 2 is 1.67 bits per heavy atom. The summed E-state index contributed by atoms with van der Waals surface area (Å²) in [5.74, 6) is 0. The van der Waals surface area contributed by atoms with Gasteiger partial charge in [0.25, 0.3) is 5.69 Å². The van der Waals surface area contributed by atoms with Crippen molar-refractivity contribution in [1.29, 1.82) is 0 Å². The fraction of sp³-hybridized carbons (Fsp3) is 0. The van der Waals surface area contributed by atoms with Crippen LogP contribution in [0.15, 0.2) is 47.4 Å². The maximum atomic E-state index is 11.2. The molecule has 0 aromatic heterocycles. The summed E-state index contributed by atoms with van der Waals surface area (Å²) < 4.78 is 22.4. The van der Waals surface area contributed by atoms with E-state index in [2.05, 4.69) is 10.6 Å². The molecule has 2 aromatic carbocycles. The van der Waals surface area contributed by atoms with Gasteiger partial charge >= 0.3 is 0 Å². The van der Waals surface area contributed by atoms with E-state index in [9.17, 15) is 18.5 Å². The lowest BCUT2D eigenvalue weighted by Gasteiger charge is -2.11. The lowest BCUT2D eigenvalue weighted by atomic mass is 10.3. The van der Waals surface area contributed by atoms with Crippen LogP contribution in [-0.2, 0) is 10.0 Å². The van der Waals surface area contributed by atoms with Gasteiger partial charge in [0.15, 0.2) is 5.11 Å². The van der Waals surface area contributed by atoms with E-state index in [-0.39, 0.29) is 20.7 Å². The highest BCUT2D eigenvalue weighted by molar-refractivity contribution is 7.89. The number of benzene rings is 2. The number of nitro groups is 1. The van der Waals surface area contributed by atoms with Crippen LogP contribution in [0, 0.1) is 10.1 Å². The zero-order valence-electron chi connectivity index (χ0n) is 11.9. The first-order valence-corrected chi connectivity index (χ1v) is 8.65. The second-order valence-corrected chi connectivity index (χ2v) is 6.95. The van der Waals surface area contributed by atoms with E-state index in [1.807, 2.05) is 0 Å². The summed E-state index contributed by atoms with van der Waals surface area (Å²) >= 11 is 10.8. The number of hydrogen-bond acceptors (Lipinski definition) is 5. The lowest BCUT2D eigenvalue weighted by molar-refractivity contribution is -0.384. The van der Waals surface area contributed by atoms with E-state index < -0.39 is 14.9 Å². The molecule has 0 unspecified atom stereocenters. The maximum absolute atomic E-state index is 11.2. The molecular formula is C13H11ClN4O4S2. The zero-order chi connectivity index (χ0) is 17.9. The number of nitrogens with two attached hydrogens (primary N) is 1. The van der Waals surface area contributed by atoms with Gasteiger partial charge < -0.3 is 10.6 Å². The molecule has 8 nitrogen and oxygen atoms in total. The van der Waals surface area contributed by atoms with E-state index in [4.69, 9.17) is 29.0 Å². The predicted molar refractivity (Wildman–Crippen MR) is 95.8 cm³/mol. The first-order chi connectivity index (χ1) is 11.2. The number of halogens is 1. The number of anilines is 2. The Hall–Kier alpha value is -2.27. The Labute approximate surface area is 147 Å². The molecule has 0 heterocycles. The Morgan fingerprint density at radius 1 is 1.12 bits per heavy atom. The Bertz CT molecular complexity index is 901. The molecule has 0 saturated heterocycles. The molecule has 0 fully saturated rings. The highest BCUT2D eigenvalue weighted by Gasteiger charge is 2.13. The van der Waals surface area contributed by atoms with Crippen molar-refractivity contribution in [3.8, 4) is 0 Å². The summed E-state index contributed by atoms with van der Waals surface area (Å²) in [7, 11) is -3.77. The van der Waals surface area contributed by atoms with E-state index in [0.717, 1.165) is 0 Å². The van der Waals surface area contributed by atoms with Gasteiger partial charge in [-0.15, -0.1) is 0 Å². The van der Waals surface area contributed by atoms with Gasteiger partial charge in [0.1, 0.15) is 5.02 Å². The summed E-state index contributed by atoms with van der Waals surface area (Å²) in [5, 5.41) is 21.6. The Kier molecular flexibility index (Phi) is 5.34. The van der Waals surface area contributed by atoms with Crippen LogP contribution < -0.4 is 15.8 Å². The first-order valence-electron chi connectivity index (χ1n) is 6.31. The van der Waals surface area contributed by atoms with E-state index in [0.29, 0.717) is 11.4 Å². The summed E-state index contributed by atoms with van der Waals surface area (Å²) in [6.07, 6.45) is 0. The van der Waals surface area contributed by atoms with Gasteiger partial charge in [-0.1, -0.05) is 11.6 Å². The van der Waals surface area contributed by atoms with Gasteiger partial charge in [-0.05, 0) is 48.6 Å². The normalized spacial score (nSPS) is 10.9. The largest absolute Gasteiger partial charge is 0.332 e. The number of nitro benzene ring substituents is 1. The summed E-state index contributed by atoms with van der Waals surface area (Å²) in [4.78, 5) is 10.2. The molecule has 2 aromatic rings. The zero-order valence-corrected chi connectivity index (χ0v) is 14.3. The molecule has 0 saturated carbocycles. The fourth-order valence-electron chi connectivity index (χ4n) is 1.75. The van der Waals surface area contributed by atoms with Crippen molar-refractivity contribution in [3.05, 3.63) is 57.6 Å². The molecule has 0 aliphatic rings. The van der Waals surface area contributed by atoms with Crippen LogP contribution in [0.3, 0.4) is 0 Å². The highest BCUT2D eigenvalue weighted by Crippen LogP contribution is 2.27. The van der Waals surface area contributed by atoms with Crippen LogP contribution >= 0.6 is 23.8 Å².